The summed E-state index contributed by atoms with van der Waals surface area (Å²) >= 11 is 0. The molecule has 0 saturated heterocycles. The van der Waals surface area contributed by atoms with Crippen molar-refractivity contribution in [2.75, 3.05) is 19.6 Å². The van der Waals surface area contributed by atoms with E-state index in [0.717, 1.165) is 49.2 Å². The number of carbonyl (C=O) groups excluding carboxylic acids is 1. The Hall–Kier alpha value is -1.61. The van der Waals surface area contributed by atoms with Crippen LogP contribution in [0.3, 0.4) is 0 Å². The van der Waals surface area contributed by atoms with Crippen molar-refractivity contribution in [1.82, 2.24) is 10.6 Å². The zero-order chi connectivity index (χ0) is 14.5. The smallest absolute Gasteiger partial charge is 0.251 e. The molecular formula is C17H24N2O. The summed E-state index contributed by atoms with van der Waals surface area (Å²) in [4.78, 5) is 12.3. The predicted octanol–water partition coefficient (Wildman–Crippen LogP) is 2.65. The summed E-state index contributed by atoms with van der Waals surface area (Å²) in [6.07, 6.45) is 4.29. The summed E-state index contributed by atoms with van der Waals surface area (Å²) in [5.74, 6) is 0.0505. The van der Waals surface area contributed by atoms with E-state index in [4.69, 9.17) is 0 Å². The van der Waals surface area contributed by atoms with Crippen LogP contribution in [0.2, 0.25) is 0 Å². The molecule has 0 atom stereocenters. The lowest BCUT2D eigenvalue weighted by molar-refractivity contribution is 0.0953. The zero-order valence-electron chi connectivity index (χ0n) is 12.7. The number of aryl methyl sites for hydroxylation is 3. The van der Waals surface area contributed by atoms with Crippen molar-refractivity contribution >= 4 is 5.91 Å². The first-order valence-electron chi connectivity index (χ1n) is 7.32. The molecule has 1 aliphatic rings. The molecule has 0 bridgehead atoms. The fourth-order valence-electron chi connectivity index (χ4n) is 2.86. The fourth-order valence-corrected chi connectivity index (χ4v) is 2.86. The summed E-state index contributed by atoms with van der Waals surface area (Å²) in [5, 5.41) is 6.34. The number of nitrogens with one attached hydrogen (secondary N) is 2. The van der Waals surface area contributed by atoms with Crippen molar-refractivity contribution in [2.24, 2.45) is 0 Å². The number of benzene rings is 1. The first kappa shape index (κ1) is 14.8. The monoisotopic (exact) mass is 272 g/mol. The lowest BCUT2D eigenvalue weighted by Crippen LogP contribution is -2.27. The minimum absolute atomic E-state index is 0.0505. The van der Waals surface area contributed by atoms with Crippen molar-refractivity contribution in [2.45, 2.75) is 33.6 Å². The largest absolute Gasteiger partial charge is 0.352 e. The van der Waals surface area contributed by atoms with E-state index < -0.39 is 0 Å². The van der Waals surface area contributed by atoms with Crippen molar-refractivity contribution < 1.29 is 4.79 Å². The number of hydrogen-bond acceptors (Lipinski definition) is 2. The van der Waals surface area contributed by atoms with Crippen LogP contribution in [0.4, 0.5) is 0 Å². The molecule has 0 spiro atoms. The van der Waals surface area contributed by atoms with Gasteiger partial charge in [-0.15, -0.1) is 0 Å². The predicted molar refractivity (Wildman–Crippen MR) is 83.2 cm³/mol. The Morgan fingerprint density at radius 1 is 1.25 bits per heavy atom. The summed E-state index contributed by atoms with van der Waals surface area (Å²) in [5.41, 5.74) is 5.59. The molecule has 0 saturated carbocycles. The molecule has 3 heteroatoms. The quantitative estimate of drug-likeness (QED) is 0.827. The first-order chi connectivity index (χ1) is 9.58. The molecule has 2 rings (SSSR count). The number of rotatable bonds is 4. The molecule has 0 unspecified atom stereocenters. The molecule has 1 heterocycles. The molecule has 108 valence electrons. The van der Waals surface area contributed by atoms with Gasteiger partial charge in [0, 0.05) is 18.7 Å². The third kappa shape index (κ3) is 3.70. The molecular weight excluding hydrogens is 248 g/mol. The van der Waals surface area contributed by atoms with Gasteiger partial charge in [-0.25, -0.2) is 0 Å². The fraction of sp³-hybridized carbons (Fsp3) is 0.471. The second-order valence-corrected chi connectivity index (χ2v) is 5.60. The number of amides is 1. The molecule has 0 aromatic heterocycles. The average molecular weight is 272 g/mol. The van der Waals surface area contributed by atoms with E-state index in [1.165, 1.54) is 11.1 Å². The maximum atomic E-state index is 12.3. The van der Waals surface area contributed by atoms with Crippen LogP contribution in [0, 0.1) is 20.8 Å². The van der Waals surface area contributed by atoms with Crippen molar-refractivity contribution in [3.8, 4) is 0 Å². The van der Waals surface area contributed by atoms with E-state index in [0.29, 0.717) is 0 Å². The minimum atomic E-state index is 0.0505. The van der Waals surface area contributed by atoms with Gasteiger partial charge in [0.1, 0.15) is 0 Å². The van der Waals surface area contributed by atoms with Crippen LogP contribution >= 0.6 is 0 Å². The lowest BCUT2D eigenvalue weighted by atomic mass is 9.99. The molecule has 1 amide bonds. The van der Waals surface area contributed by atoms with Crippen LogP contribution in [0.25, 0.3) is 0 Å². The third-order valence-electron chi connectivity index (χ3n) is 3.79. The topological polar surface area (TPSA) is 41.1 Å². The van der Waals surface area contributed by atoms with Gasteiger partial charge in [-0.1, -0.05) is 29.3 Å². The molecule has 1 aliphatic heterocycles. The van der Waals surface area contributed by atoms with Crippen LogP contribution in [0.1, 0.15) is 39.9 Å². The molecule has 2 N–H and O–H groups in total. The maximum absolute atomic E-state index is 12.3. The Kier molecular flexibility index (Phi) is 4.96. The van der Waals surface area contributed by atoms with Crippen LogP contribution in [0.5, 0.6) is 0 Å². The van der Waals surface area contributed by atoms with Gasteiger partial charge in [0.05, 0.1) is 0 Å². The van der Waals surface area contributed by atoms with Crippen molar-refractivity contribution in [1.29, 1.82) is 0 Å². The molecule has 0 radical (unpaired) electrons. The highest BCUT2D eigenvalue weighted by molar-refractivity contribution is 5.97. The Morgan fingerprint density at radius 3 is 2.55 bits per heavy atom. The van der Waals surface area contributed by atoms with Crippen LogP contribution in [-0.4, -0.2) is 25.5 Å². The molecule has 3 nitrogen and oxygen atoms in total. The third-order valence-corrected chi connectivity index (χ3v) is 3.79. The van der Waals surface area contributed by atoms with E-state index >= 15 is 0 Å². The van der Waals surface area contributed by atoms with E-state index in [1.807, 2.05) is 13.8 Å². The Labute approximate surface area is 121 Å². The van der Waals surface area contributed by atoms with Crippen LogP contribution in [0.15, 0.2) is 23.8 Å². The second kappa shape index (κ2) is 6.71. The van der Waals surface area contributed by atoms with Gasteiger partial charge in [0.25, 0.3) is 5.91 Å². The highest BCUT2D eigenvalue weighted by Crippen LogP contribution is 2.16. The Bertz CT molecular complexity index is 509. The van der Waals surface area contributed by atoms with Crippen molar-refractivity contribution in [3.63, 3.8) is 0 Å². The van der Waals surface area contributed by atoms with E-state index in [9.17, 15) is 4.79 Å². The van der Waals surface area contributed by atoms with Gasteiger partial charge in [-0.3, -0.25) is 4.79 Å². The standard InChI is InChI=1S/C17H24N2O/c1-12-10-13(2)16(14(3)11-12)17(20)19-9-6-15-4-7-18-8-5-15/h4,10-11,18H,5-9H2,1-3H3,(H,19,20). The van der Waals surface area contributed by atoms with Crippen LogP contribution < -0.4 is 10.6 Å². The van der Waals surface area contributed by atoms with Crippen LogP contribution in [-0.2, 0) is 0 Å². The first-order valence-corrected chi connectivity index (χ1v) is 7.32. The molecule has 1 aromatic rings. The van der Waals surface area contributed by atoms with Gasteiger partial charge in [0.15, 0.2) is 0 Å². The van der Waals surface area contributed by atoms with Gasteiger partial charge in [-0.2, -0.15) is 0 Å². The minimum Gasteiger partial charge on any atom is -0.352 e. The Morgan fingerprint density at radius 2 is 1.95 bits per heavy atom. The van der Waals surface area contributed by atoms with Gasteiger partial charge < -0.3 is 10.6 Å². The maximum Gasteiger partial charge on any atom is 0.251 e. The zero-order valence-corrected chi connectivity index (χ0v) is 12.7. The summed E-state index contributed by atoms with van der Waals surface area (Å²) in [7, 11) is 0. The molecule has 0 fully saturated rings. The molecule has 20 heavy (non-hydrogen) atoms. The summed E-state index contributed by atoms with van der Waals surface area (Å²) in [6.45, 7) is 8.80. The number of carbonyl (C=O) groups is 1. The Balaban J connectivity index is 1.93. The highest BCUT2D eigenvalue weighted by Gasteiger charge is 2.12. The van der Waals surface area contributed by atoms with E-state index in [-0.39, 0.29) is 5.91 Å². The lowest BCUT2D eigenvalue weighted by Gasteiger charge is -2.15. The summed E-state index contributed by atoms with van der Waals surface area (Å²) < 4.78 is 0. The van der Waals surface area contributed by atoms with Crippen molar-refractivity contribution in [3.05, 3.63) is 46.0 Å². The van der Waals surface area contributed by atoms with E-state index in [1.54, 1.807) is 0 Å². The number of hydrogen-bond donors (Lipinski definition) is 2. The van der Waals surface area contributed by atoms with E-state index in [2.05, 4.69) is 35.8 Å². The van der Waals surface area contributed by atoms with Gasteiger partial charge in [-0.05, 0) is 51.3 Å². The van der Waals surface area contributed by atoms with Gasteiger partial charge >= 0.3 is 0 Å². The molecule has 1 aromatic carbocycles. The normalized spacial score (nSPS) is 14.8. The SMILES string of the molecule is Cc1cc(C)c(C(=O)NCCC2=CCNCC2)c(C)c1. The second-order valence-electron chi connectivity index (χ2n) is 5.60. The summed E-state index contributed by atoms with van der Waals surface area (Å²) in [6, 6.07) is 4.13. The highest BCUT2D eigenvalue weighted by atomic mass is 16.1. The van der Waals surface area contributed by atoms with Gasteiger partial charge in [0.2, 0.25) is 0 Å². The average Bonchev–Trinajstić information content (AvgIpc) is 2.38. The molecule has 0 aliphatic carbocycles.